The first kappa shape index (κ1) is 10.6. The van der Waals surface area contributed by atoms with Gasteiger partial charge in [0.15, 0.2) is 0 Å². The lowest BCUT2D eigenvalue weighted by Crippen LogP contribution is -2.55. The minimum atomic E-state index is -5.67. The molecule has 0 aliphatic heterocycles. The van der Waals surface area contributed by atoms with Gasteiger partial charge in [-0.3, -0.25) is 5.73 Å². The van der Waals surface area contributed by atoms with Crippen molar-refractivity contribution in [3.05, 3.63) is 0 Å². The van der Waals surface area contributed by atoms with Crippen molar-refractivity contribution in [1.82, 2.24) is 0 Å². The van der Waals surface area contributed by atoms with E-state index in [-0.39, 0.29) is 0 Å². The van der Waals surface area contributed by atoms with E-state index >= 15 is 0 Å². The number of sulfonamides is 1. The largest absolute Gasteiger partial charge is 0.434 e. The second-order valence-electron chi connectivity index (χ2n) is 1.68. The number of hydrogen-bond acceptors (Lipinski definition) is 3. The molecule has 0 spiro atoms. The standard InChI is InChI=1S/C2H4F4N2O2S/c3-1(4,7)2(5,6)11(8,9)10/h7H2,(H2,8,9,10). The third-order valence-electron chi connectivity index (χ3n) is 0.745. The summed E-state index contributed by atoms with van der Waals surface area (Å²) in [6.45, 7) is 0. The third kappa shape index (κ3) is 1.79. The molecule has 0 aromatic rings. The Bertz CT molecular complexity index is 241. The van der Waals surface area contributed by atoms with Crippen molar-refractivity contribution in [2.45, 2.75) is 11.3 Å². The summed E-state index contributed by atoms with van der Waals surface area (Å²) in [7, 11) is -5.67. The highest BCUT2D eigenvalue weighted by atomic mass is 32.2. The van der Waals surface area contributed by atoms with E-state index < -0.39 is 21.3 Å². The van der Waals surface area contributed by atoms with Crippen LogP contribution in [0.1, 0.15) is 0 Å². The fourth-order valence-corrected chi connectivity index (χ4v) is 0.569. The van der Waals surface area contributed by atoms with Crippen molar-refractivity contribution in [1.29, 1.82) is 0 Å². The molecule has 0 rings (SSSR count). The topological polar surface area (TPSA) is 86.2 Å². The van der Waals surface area contributed by atoms with Crippen LogP contribution in [-0.4, -0.2) is 19.7 Å². The lowest BCUT2D eigenvalue weighted by Gasteiger charge is -2.19. The Labute approximate surface area is 59.2 Å². The second kappa shape index (κ2) is 2.29. The Kier molecular flexibility index (Phi) is 2.20. The molecule has 4 N–H and O–H groups in total. The van der Waals surface area contributed by atoms with Gasteiger partial charge in [0.25, 0.3) is 10.0 Å². The lowest BCUT2D eigenvalue weighted by atomic mass is 10.6. The van der Waals surface area contributed by atoms with Gasteiger partial charge in [-0.05, 0) is 0 Å². The van der Waals surface area contributed by atoms with Crippen LogP contribution in [0.3, 0.4) is 0 Å². The van der Waals surface area contributed by atoms with Crippen molar-refractivity contribution in [3.63, 3.8) is 0 Å². The summed E-state index contributed by atoms with van der Waals surface area (Å²) in [5.41, 5.74) is 3.56. The fourth-order valence-electron chi connectivity index (χ4n) is 0.190. The SMILES string of the molecule is NC(F)(F)C(F)(F)S(N)(=O)=O. The highest BCUT2D eigenvalue weighted by Crippen LogP contribution is 2.32. The van der Waals surface area contributed by atoms with Crippen LogP contribution < -0.4 is 10.9 Å². The molecule has 0 saturated heterocycles. The summed E-state index contributed by atoms with van der Waals surface area (Å²) in [6.07, 6.45) is 0. The molecule has 0 saturated carbocycles. The van der Waals surface area contributed by atoms with Gasteiger partial charge in [0.2, 0.25) is 0 Å². The molecular weight excluding hydrogens is 192 g/mol. The van der Waals surface area contributed by atoms with Gasteiger partial charge in [0.1, 0.15) is 0 Å². The number of rotatable bonds is 2. The Morgan fingerprint density at radius 2 is 1.36 bits per heavy atom. The molecule has 0 amide bonds. The van der Waals surface area contributed by atoms with E-state index in [4.69, 9.17) is 0 Å². The average Bonchev–Trinajstić information content (AvgIpc) is 1.58. The first-order valence-corrected chi connectivity index (χ1v) is 3.61. The van der Waals surface area contributed by atoms with E-state index in [2.05, 4.69) is 10.9 Å². The van der Waals surface area contributed by atoms with E-state index in [0.717, 1.165) is 0 Å². The van der Waals surface area contributed by atoms with Crippen molar-refractivity contribution < 1.29 is 26.0 Å². The summed E-state index contributed by atoms with van der Waals surface area (Å²) < 4.78 is 66.4. The van der Waals surface area contributed by atoms with Crippen LogP contribution >= 0.6 is 0 Å². The minimum absolute atomic E-state index is 3.56. The van der Waals surface area contributed by atoms with Crippen LogP contribution in [0.4, 0.5) is 17.6 Å². The zero-order valence-corrected chi connectivity index (χ0v) is 5.71. The highest BCUT2D eigenvalue weighted by Gasteiger charge is 2.62. The maximum absolute atomic E-state index is 11.8. The fraction of sp³-hybridized carbons (Fsp3) is 1.00. The van der Waals surface area contributed by atoms with Crippen LogP contribution in [-0.2, 0) is 10.0 Å². The Balaban J connectivity index is 5.08. The van der Waals surface area contributed by atoms with Gasteiger partial charge in [0, 0.05) is 0 Å². The number of halogens is 4. The Morgan fingerprint density at radius 1 is 1.09 bits per heavy atom. The van der Waals surface area contributed by atoms with Crippen molar-refractivity contribution in [2.75, 3.05) is 0 Å². The first-order chi connectivity index (χ1) is 4.50. The summed E-state index contributed by atoms with van der Waals surface area (Å²) in [4.78, 5) is 0. The van der Waals surface area contributed by atoms with Gasteiger partial charge in [0.05, 0.1) is 0 Å². The van der Waals surface area contributed by atoms with E-state index in [1.807, 2.05) is 0 Å². The quantitative estimate of drug-likeness (QED) is 0.457. The van der Waals surface area contributed by atoms with Gasteiger partial charge >= 0.3 is 11.3 Å². The van der Waals surface area contributed by atoms with Gasteiger partial charge in [-0.25, -0.2) is 13.6 Å². The van der Waals surface area contributed by atoms with Gasteiger partial charge < -0.3 is 0 Å². The van der Waals surface area contributed by atoms with Crippen LogP contribution in [0, 0.1) is 0 Å². The van der Waals surface area contributed by atoms with Crippen LogP contribution in [0.2, 0.25) is 0 Å². The highest BCUT2D eigenvalue weighted by molar-refractivity contribution is 7.90. The van der Waals surface area contributed by atoms with Gasteiger partial charge in [-0.15, -0.1) is 0 Å². The van der Waals surface area contributed by atoms with E-state index in [1.165, 1.54) is 0 Å². The molecule has 0 aliphatic carbocycles. The number of hydrogen-bond donors (Lipinski definition) is 2. The van der Waals surface area contributed by atoms with E-state index in [9.17, 15) is 26.0 Å². The normalized spacial score (nSPS) is 15.1. The van der Waals surface area contributed by atoms with E-state index in [0.29, 0.717) is 0 Å². The molecule has 0 atom stereocenters. The number of primary sulfonamides is 1. The minimum Gasteiger partial charge on any atom is -0.266 e. The molecule has 4 nitrogen and oxygen atoms in total. The molecule has 0 fully saturated rings. The van der Waals surface area contributed by atoms with Gasteiger partial charge in [-0.2, -0.15) is 17.6 Å². The Hall–Kier alpha value is -0.410. The summed E-state index contributed by atoms with van der Waals surface area (Å²) >= 11 is 0. The smallest absolute Gasteiger partial charge is 0.266 e. The average molecular weight is 196 g/mol. The lowest BCUT2D eigenvalue weighted by molar-refractivity contribution is -0.152. The van der Waals surface area contributed by atoms with E-state index in [1.54, 1.807) is 0 Å². The summed E-state index contributed by atoms with van der Waals surface area (Å²) in [6, 6.07) is -5.17. The molecule has 0 unspecified atom stereocenters. The van der Waals surface area contributed by atoms with Crippen LogP contribution in [0.15, 0.2) is 0 Å². The van der Waals surface area contributed by atoms with Crippen molar-refractivity contribution in [2.24, 2.45) is 10.9 Å². The molecular formula is C2H4F4N2O2S. The molecule has 0 aromatic carbocycles. The molecule has 68 valence electrons. The zero-order valence-electron chi connectivity index (χ0n) is 4.89. The predicted molar refractivity (Wildman–Crippen MR) is 27.2 cm³/mol. The predicted octanol–water partition coefficient (Wildman–Crippen LogP) is -0.581. The summed E-state index contributed by atoms with van der Waals surface area (Å²) in [5.74, 6) is 0. The maximum Gasteiger partial charge on any atom is 0.434 e. The molecule has 9 heteroatoms. The first-order valence-electron chi connectivity index (χ1n) is 2.07. The summed E-state index contributed by atoms with van der Waals surface area (Å²) in [5, 5.41) is -1.67. The Morgan fingerprint density at radius 3 is 1.36 bits per heavy atom. The van der Waals surface area contributed by atoms with Crippen LogP contribution in [0.25, 0.3) is 0 Å². The third-order valence-corrected chi connectivity index (χ3v) is 1.73. The maximum atomic E-state index is 11.8. The molecule has 0 radical (unpaired) electrons. The second-order valence-corrected chi connectivity index (χ2v) is 3.29. The van der Waals surface area contributed by atoms with Crippen LogP contribution in [0.5, 0.6) is 0 Å². The van der Waals surface area contributed by atoms with Gasteiger partial charge in [-0.1, -0.05) is 0 Å². The number of nitrogens with two attached hydrogens (primary N) is 2. The molecule has 11 heavy (non-hydrogen) atoms. The molecule has 0 heterocycles. The molecule has 0 bridgehead atoms. The molecule has 0 aliphatic rings. The molecule has 0 aromatic heterocycles. The monoisotopic (exact) mass is 196 g/mol. The van der Waals surface area contributed by atoms with Crippen molar-refractivity contribution >= 4 is 10.0 Å². The number of alkyl halides is 4. The zero-order chi connectivity index (χ0) is 9.50. The van der Waals surface area contributed by atoms with Crippen molar-refractivity contribution in [3.8, 4) is 0 Å².